The molecule has 1 heterocycles. The molecule has 0 aliphatic rings. The van der Waals surface area contributed by atoms with Gasteiger partial charge in [0.25, 0.3) is 5.56 Å². The van der Waals surface area contributed by atoms with Crippen LogP contribution in [0.2, 0.25) is 0 Å². The SMILES string of the molecule is N#CNc1nc(=O)c2ccccc2o1. The maximum absolute atomic E-state index is 11.4. The van der Waals surface area contributed by atoms with Crippen molar-refractivity contribution in [1.82, 2.24) is 4.98 Å². The second-order valence-electron chi connectivity index (χ2n) is 2.56. The van der Waals surface area contributed by atoms with E-state index >= 15 is 0 Å². The summed E-state index contributed by atoms with van der Waals surface area (Å²) >= 11 is 0. The van der Waals surface area contributed by atoms with E-state index in [9.17, 15) is 4.79 Å². The number of rotatable bonds is 1. The molecule has 1 aromatic heterocycles. The second-order valence-corrected chi connectivity index (χ2v) is 2.56. The summed E-state index contributed by atoms with van der Waals surface area (Å²) in [6, 6.07) is 6.63. The lowest BCUT2D eigenvalue weighted by Gasteiger charge is -1.97. The number of para-hydroxylation sites is 1. The molecule has 0 radical (unpaired) electrons. The molecule has 68 valence electrons. The summed E-state index contributed by atoms with van der Waals surface area (Å²) in [4.78, 5) is 14.9. The summed E-state index contributed by atoms with van der Waals surface area (Å²) in [5.74, 6) is 0. The van der Waals surface area contributed by atoms with Gasteiger partial charge in [0.05, 0.1) is 5.39 Å². The number of nitriles is 1. The molecule has 0 spiro atoms. The molecular weight excluding hydrogens is 182 g/mol. The first-order valence-electron chi connectivity index (χ1n) is 3.86. The minimum Gasteiger partial charge on any atom is -0.424 e. The van der Waals surface area contributed by atoms with Crippen LogP contribution in [0.1, 0.15) is 0 Å². The zero-order chi connectivity index (χ0) is 9.97. The Labute approximate surface area is 78.6 Å². The fourth-order valence-corrected chi connectivity index (χ4v) is 1.11. The van der Waals surface area contributed by atoms with Crippen LogP contribution in [0.4, 0.5) is 6.01 Å². The Morgan fingerprint density at radius 1 is 1.43 bits per heavy atom. The van der Waals surface area contributed by atoms with E-state index in [-0.39, 0.29) is 6.01 Å². The number of hydrogen-bond acceptors (Lipinski definition) is 5. The molecule has 5 nitrogen and oxygen atoms in total. The fourth-order valence-electron chi connectivity index (χ4n) is 1.11. The molecule has 0 unspecified atom stereocenters. The molecule has 0 aliphatic heterocycles. The van der Waals surface area contributed by atoms with E-state index in [1.54, 1.807) is 30.5 Å². The monoisotopic (exact) mass is 187 g/mol. The lowest BCUT2D eigenvalue weighted by molar-refractivity contribution is 0.599. The van der Waals surface area contributed by atoms with Crippen LogP contribution in [0.3, 0.4) is 0 Å². The highest BCUT2D eigenvalue weighted by molar-refractivity contribution is 5.75. The molecule has 0 amide bonds. The zero-order valence-corrected chi connectivity index (χ0v) is 7.02. The highest BCUT2D eigenvalue weighted by Crippen LogP contribution is 2.11. The molecular formula is C9H5N3O2. The molecule has 0 saturated heterocycles. The summed E-state index contributed by atoms with van der Waals surface area (Å²) in [5, 5.41) is 10.9. The molecule has 0 aliphatic carbocycles. The van der Waals surface area contributed by atoms with E-state index in [0.29, 0.717) is 11.0 Å². The maximum Gasteiger partial charge on any atom is 0.312 e. The van der Waals surface area contributed by atoms with E-state index in [1.165, 1.54) is 0 Å². The molecule has 0 bridgehead atoms. The van der Waals surface area contributed by atoms with Crippen molar-refractivity contribution in [2.75, 3.05) is 5.32 Å². The van der Waals surface area contributed by atoms with Gasteiger partial charge in [0.1, 0.15) is 5.58 Å². The van der Waals surface area contributed by atoms with E-state index in [2.05, 4.69) is 10.3 Å². The van der Waals surface area contributed by atoms with E-state index in [0.717, 1.165) is 0 Å². The van der Waals surface area contributed by atoms with Crippen LogP contribution >= 0.6 is 0 Å². The van der Waals surface area contributed by atoms with E-state index < -0.39 is 5.56 Å². The highest BCUT2D eigenvalue weighted by Gasteiger charge is 2.03. The molecule has 0 fully saturated rings. The van der Waals surface area contributed by atoms with Crippen LogP contribution in [0, 0.1) is 11.5 Å². The van der Waals surface area contributed by atoms with Crippen molar-refractivity contribution in [2.45, 2.75) is 0 Å². The normalized spacial score (nSPS) is 9.64. The van der Waals surface area contributed by atoms with E-state index in [4.69, 9.17) is 9.68 Å². The molecule has 5 heteroatoms. The van der Waals surface area contributed by atoms with Crippen LogP contribution in [-0.2, 0) is 0 Å². The molecule has 1 N–H and O–H groups in total. The van der Waals surface area contributed by atoms with Gasteiger partial charge in [0.2, 0.25) is 0 Å². The lowest BCUT2D eigenvalue weighted by atomic mass is 10.3. The highest BCUT2D eigenvalue weighted by atomic mass is 16.4. The van der Waals surface area contributed by atoms with Gasteiger partial charge in [-0.15, -0.1) is 0 Å². The zero-order valence-electron chi connectivity index (χ0n) is 7.02. The Morgan fingerprint density at radius 3 is 3.00 bits per heavy atom. The predicted molar refractivity (Wildman–Crippen MR) is 49.5 cm³/mol. The lowest BCUT2D eigenvalue weighted by Crippen LogP contribution is -2.08. The molecule has 1 aromatic carbocycles. The standard InChI is InChI=1S/C9H5N3O2/c10-5-11-9-12-8(13)6-3-1-2-4-7(6)14-9/h1-4H,(H,11,12,13). The quantitative estimate of drug-likeness (QED) is 0.533. The Kier molecular flexibility index (Phi) is 1.88. The Hall–Kier alpha value is -2.35. The van der Waals surface area contributed by atoms with Crippen LogP contribution in [0.15, 0.2) is 33.5 Å². The van der Waals surface area contributed by atoms with E-state index in [1.807, 2.05) is 0 Å². The van der Waals surface area contributed by atoms with Gasteiger partial charge in [0.15, 0.2) is 6.19 Å². The van der Waals surface area contributed by atoms with Gasteiger partial charge in [-0.2, -0.15) is 10.2 Å². The van der Waals surface area contributed by atoms with Crippen molar-refractivity contribution in [3.63, 3.8) is 0 Å². The first-order valence-corrected chi connectivity index (χ1v) is 3.86. The third-order valence-electron chi connectivity index (χ3n) is 1.69. The van der Waals surface area contributed by atoms with Gasteiger partial charge >= 0.3 is 6.01 Å². The van der Waals surface area contributed by atoms with Crippen molar-refractivity contribution in [1.29, 1.82) is 5.26 Å². The Morgan fingerprint density at radius 2 is 2.21 bits per heavy atom. The van der Waals surface area contributed by atoms with Gasteiger partial charge in [0, 0.05) is 0 Å². The minimum atomic E-state index is -0.412. The summed E-state index contributed by atoms with van der Waals surface area (Å²) < 4.78 is 5.14. The van der Waals surface area contributed by atoms with Crippen LogP contribution in [0.5, 0.6) is 0 Å². The predicted octanol–water partition coefficient (Wildman–Crippen LogP) is 1.08. The number of nitrogens with one attached hydrogen (secondary N) is 1. The molecule has 2 rings (SSSR count). The number of anilines is 1. The number of hydrogen-bond donors (Lipinski definition) is 1. The van der Waals surface area contributed by atoms with Gasteiger partial charge < -0.3 is 4.42 Å². The fraction of sp³-hybridized carbons (Fsp3) is 0. The molecule has 0 saturated carbocycles. The third kappa shape index (κ3) is 1.29. The molecule has 2 aromatic rings. The summed E-state index contributed by atoms with van der Waals surface area (Å²) in [6.45, 7) is 0. The second kappa shape index (κ2) is 3.18. The maximum atomic E-state index is 11.4. The van der Waals surface area contributed by atoms with Gasteiger partial charge in [-0.05, 0) is 12.1 Å². The summed E-state index contributed by atoms with van der Waals surface area (Å²) in [7, 11) is 0. The van der Waals surface area contributed by atoms with Gasteiger partial charge in [-0.3, -0.25) is 4.79 Å². The first-order chi connectivity index (χ1) is 6.81. The van der Waals surface area contributed by atoms with Crippen LogP contribution in [0.25, 0.3) is 11.0 Å². The van der Waals surface area contributed by atoms with Crippen LogP contribution in [-0.4, -0.2) is 4.98 Å². The van der Waals surface area contributed by atoms with Crippen molar-refractivity contribution in [2.24, 2.45) is 0 Å². The summed E-state index contributed by atoms with van der Waals surface area (Å²) in [5.41, 5.74) is -0.00477. The third-order valence-corrected chi connectivity index (χ3v) is 1.69. The average Bonchev–Trinajstić information content (AvgIpc) is 2.18. The van der Waals surface area contributed by atoms with Crippen LogP contribution < -0.4 is 10.9 Å². The average molecular weight is 187 g/mol. The number of nitrogens with zero attached hydrogens (tertiary/aromatic N) is 2. The Bertz CT molecular complexity index is 568. The van der Waals surface area contributed by atoms with Gasteiger partial charge in [-0.1, -0.05) is 12.1 Å². The number of fused-ring (bicyclic) bond motifs is 1. The minimum absolute atomic E-state index is 0.0869. The van der Waals surface area contributed by atoms with Crippen molar-refractivity contribution >= 4 is 17.0 Å². The van der Waals surface area contributed by atoms with Crippen molar-refractivity contribution in [3.05, 3.63) is 34.6 Å². The topological polar surface area (TPSA) is 78.9 Å². The Balaban J connectivity index is 2.74. The summed E-state index contributed by atoms with van der Waals surface area (Å²) in [6.07, 6.45) is 1.63. The molecule has 0 atom stereocenters. The van der Waals surface area contributed by atoms with Crippen molar-refractivity contribution in [3.8, 4) is 6.19 Å². The molecule has 14 heavy (non-hydrogen) atoms. The largest absolute Gasteiger partial charge is 0.424 e. The van der Waals surface area contributed by atoms with Crippen molar-refractivity contribution < 1.29 is 4.42 Å². The van der Waals surface area contributed by atoms with Gasteiger partial charge in [-0.25, -0.2) is 5.32 Å². The number of aromatic nitrogens is 1. The first kappa shape index (κ1) is 8.26. The number of benzene rings is 1. The smallest absolute Gasteiger partial charge is 0.312 e.